The Morgan fingerprint density at radius 1 is 1.07 bits per heavy atom. The second-order valence-electron chi connectivity index (χ2n) is 18.7. The third-order valence-corrected chi connectivity index (χ3v) is 13.8. The molecule has 3 aliphatic rings. The van der Waals surface area contributed by atoms with Crippen LogP contribution in [0.5, 0.6) is 0 Å². The summed E-state index contributed by atoms with van der Waals surface area (Å²) < 4.78 is 39.9. The maximum atomic E-state index is 14.4. The summed E-state index contributed by atoms with van der Waals surface area (Å²) in [6, 6.07) is -1.36. The van der Waals surface area contributed by atoms with E-state index in [0.717, 1.165) is 5.69 Å². The number of rotatable bonds is 10. The molecular weight excluding hydrogens is 783 g/mol. The predicted octanol–water partition coefficient (Wildman–Crippen LogP) is 1.71. The van der Waals surface area contributed by atoms with Crippen molar-refractivity contribution in [3.63, 3.8) is 0 Å². The Kier molecular flexibility index (Phi) is 17.3. The van der Waals surface area contributed by atoms with Gasteiger partial charge in [-0.15, -0.1) is 5.10 Å². The van der Waals surface area contributed by atoms with Gasteiger partial charge in [-0.05, 0) is 97.1 Å². The van der Waals surface area contributed by atoms with Crippen LogP contribution in [0.3, 0.4) is 0 Å². The van der Waals surface area contributed by atoms with Gasteiger partial charge in [0.15, 0.2) is 12.6 Å². The maximum Gasteiger partial charge on any atom is 0.311 e. The SMILES string of the molecule is CC[C@H]1OC(=O)[C@H](C)[C@@H](O[C@H]2C[C@@](C)(OC)[C@@H](N)[C@H](C)O2)[C@H](C)[C@@H](O[C@@H]2O[C@H](C)C[C@H](N(C)CCc3cn(P)nn3)[C@H]2O)[C@](C)(O)C[C@@H](C)CN(C)[C@H](C)[C@@H](O)[C@]1(C)O. The molecule has 1 aromatic heterocycles. The number of nitrogens with zero attached hydrogens (tertiary/aromatic N) is 5. The van der Waals surface area contributed by atoms with Gasteiger partial charge >= 0.3 is 5.97 Å². The maximum absolute atomic E-state index is 14.4. The van der Waals surface area contributed by atoms with E-state index in [1.807, 2.05) is 66.7 Å². The fraction of sp³-hybridized carbons (Fsp3) is 0.927. The highest BCUT2D eigenvalue weighted by atomic mass is 31.0. The molecule has 3 saturated heterocycles. The lowest BCUT2D eigenvalue weighted by molar-refractivity contribution is -0.311. The van der Waals surface area contributed by atoms with E-state index in [1.54, 1.807) is 32.3 Å². The van der Waals surface area contributed by atoms with Crippen LogP contribution in [-0.2, 0) is 39.6 Å². The average Bonchev–Trinajstić information content (AvgIpc) is 3.59. The first kappa shape index (κ1) is 50.2. The average molecular weight is 861 g/mol. The summed E-state index contributed by atoms with van der Waals surface area (Å²) in [6.45, 7) is 19.0. The number of esters is 1. The van der Waals surface area contributed by atoms with E-state index in [0.29, 0.717) is 25.9 Å². The van der Waals surface area contributed by atoms with Crippen molar-refractivity contribution in [1.82, 2.24) is 24.6 Å². The van der Waals surface area contributed by atoms with E-state index in [1.165, 1.54) is 6.92 Å². The molecule has 18 heteroatoms. The van der Waals surface area contributed by atoms with E-state index in [2.05, 4.69) is 24.6 Å². The lowest BCUT2D eigenvalue weighted by Crippen LogP contribution is -2.62. The molecule has 4 rings (SSSR count). The van der Waals surface area contributed by atoms with Gasteiger partial charge in [0.1, 0.15) is 23.9 Å². The summed E-state index contributed by atoms with van der Waals surface area (Å²) in [6.07, 6.45) is -4.69. The monoisotopic (exact) mass is 861 g/mol. The van der Waals surface area contributed by atoms with Gasteiger partial charge in [-0.3, -0.25) is 4.79 Å². The molecular formula is C41H77N6O11P. The second-order valence-corrected chi connectivity index (χ2v) is 19.2. The third kappa shape index (κ3) is 11.8. The summed E-state index contributed by atoms with van der Waals surface area (Å²) >= 11 is 0. The molecule has 0 bridgehead atoms. The lowest BCUT2D eigenvalue weighted by Gasteiger charge is -2.49. The second kappa shape index (κ2) is 20.4. The Morgan fingerprint density at radius 2 is 1.73 bits per heavy atom. The first-order valence-corrected chi connectivity index (χ1v) is 21.9. The number of aromatic nitrogens is 3. The smallest absolute Gasteiger partial charge is 0.311 e. The molecule has 6 N–H and O–H groups in total. The van der Waals surface area contributed by atoms with Crippen LogP contribution in [0, 0.1) is 17.8 Å². The van der Waals surface area contributed by atoms with Crippen LogP contribution in [0.25, 0.3) is 0 Å². The molecule has 1 unspecified atom stereocenters. The van der Waals surface area contributed by atoms with Crippen molar-refractivity contribution in [3.05, 3.63) is 11.9 Å². The zero-order valence-corrected chi connectivity index (χ0v) is 38.9. The van der Waals surface area contributed by atoms with Gasteiger partial charge in [0.25, 0.3) is 0 Å². The Labute approximate surface area is 354 Å². The number of aliphatic hydroxyl groups is 4. The topological polar surface area (TPSA) is 217 Å². The molecule has 17 nitrogen and oxygen atoms in total. The fourth-order valence-electron chi connectivity index (χ4n) is 9.59. The van der Waals surface area contributed by atoms with Crippen LogP contribution >= 0.6 is 9.39 Å². The van der Waals surface area contributed by atoms with Gasteiger partial charge in [0.05, 0.1) is 59.5 Å². The molecule has 3 fully saturated rings. The van der Waals surface area contributed by atoms with Crippen molar-refractivity contribution >= 4 is 15.4 Å². The van der Waals surface area contributed by atoms with Gasteiger partial charge in [-0.2, -0.15) is 0 Å². The summed E-state index contributed by atoms with van der Waals surface area (Å²) in [7, 11) is 7.84. The highest BCUT2D eigenvalue weighted by Crippen LogP contribution is 2.40. The van der Waals surface area contributed by atoms with Crippen LogP contribution in [0.15, 0.2) is 6.20 Å². The van der Waals surface area contributed by atoms with Gasteiger partial charge in [-0.25, -0.2) is 4.45 Å². The van der Waals surface area contributed by atoms with Crippen LogP contribution in [0.4, 0.5) is 0 Å². The van der Waals surface area contributed by atoms with E-state index in [9.17, 15) is 25.2 Å². The first-order chi connectivity index (χ1) is 27.4. The minimum Gasteiger partial charge on any atom is -0.459 e. The zero-order chi connectivity index (χ0) is 44.4. The van der Waals surface area contributed by atoms with Gasteiger partial charge < -0.3 is 64.4 Å². The quantitative estimate of drug-likeness (QED) is 0.167. The summed E-state index contributed by atoms with van der Waals surface area (Å²) in [5, 5.41) is 56.3. The molecule has 4 heterocycles. The number of hydrogen-bond acceptors (Lipinski definition) is 16. The van der Waals surface area contributed by atoms with E-state index < -0.39 is 95.9 Å². The highest BCUT2D eigenvalue weighted by Gasteiger charge is 2.52. The van der Waals surface area contributed by atoms with Crippen molar-refractivity contribution in [3.8, 4) is 0 Å². The van der Waals surface area contributed by atoms with Crippen LogP contribution < -0.4 is 5.73 Å². The van der Waals surface area contributed by atoms with Gasteiger partial charge in [-0.1, -0.05) is 26.0 Å². The number of hydrogen-bond donors (Lipinski definition) is 5. The molecule has 1 aromatic rings. The van der Waals surface area contributed by atoms with Gasteiger partial charge in [0, 0.05) is 51.0 Å². The third-order valence-electron chi connectivity index (χ3n) is 13.5. The molecule has 19 atom stereocenters. The fourth-order valence-corrected chi connectivity index (χ4v) is 9.81. The number of cyclic esters (lactones) is 1. The molecule has 0 aromatic carbocycles. The van der Waals surface area contributed by atoms with Crippen LogP contribution in [0.2, 0.25) is 0 Å². The minimum absolute atomic E-state index is 0.157. The number of nitrogens with two attached hydrogens (primary N) is 1. The van der Waals surface area contributed by atoms with E-state index >= 15 is 0 Å². The number of methoxy groups -OCH3 is 1. The summed E-state index contributed by atoms with van der Waals surface area (Å²) in [5.41, 5.74) is 3.15. The number of carbonyl (C=O) groups is 1. The Bertz CT molecular complexity index is 1490. The van der Waals surface area contributed by atoms with Gasteiger partial charge in [0.2, 0.25) is 0 Å². The molecule has 0 saturated carbocycles. The summed E-state index contributed by atoms with van der Waals surface area (Å²) in [4.78, 5) is 18.4. The lowest BCUT2D eigenvalue weighted by atomic mass is 9.77. The van der Waals surface area contributed by atoms with Crippen molar-refractivity contribution in [2.75, 3.05) is 34.3 Å². The van der Waals surface area contributed by atoms with Crippen molar-refractivity contribution in [2.45, 2.75) is 192 Å². The zero-order valence-electron chi connectivity index (χ0n) is 37.7. The number of carbonyl (C=O) groups excluding carboxylic acids is 1. The normalized spacial score (nSPS) is 45.2. The standard InChI is InChI=1S/C41H77N6O11P/c1-14-30-41(10,52)35(49)26(6)46(12)20-22(2)18-39(8,51)36(58-38-32(48)29(17-23(3)54-38)45(11)16-15-28-21-47(59)44-43-28)24(4)33(25(5)37(50)56-30)57-31-19-40(9,53-13)34(42)27(7)55-31/h21-27,29-36,38,48-49,51-52H,14-20,42,59H2,1-13H3/t22-,23-,24+,25-,26-,27+,29+,30-,31+,32-,33+,34+,35-,36-,38+,39-,40-,41-/m1/s1. The van der Waals surface area contributed by atoms with Crippen molar-refractivity contribution in [2.24, 2.45) is 23.5 Å². The number of ether oxygens (including phenoxy) is 6. The number of aliphatic hydroxyl groups excluding tert-OH is 2. The molecule has 3 aliphatic heterocycles. The molecule has 0 amide bonds. The van der Waals surface area contributed by atoms with Crippen molar-refractivity contribution < 1.29 is 53.6 Å². The first-order valence-electron chi connectivity index (χ1n) is 21.4. The van der Waals surface area contributed by atoms with E-state index in [4.69, 9.17) is 34.2 Å². The largest absolute Gasteiger partial charge is 0.459 e. The predicted molar refractivity (Wildman–Crippen MR) is 224 cm³/mol. The Hall–Kier alpha value is -1.44. The molecule has 0 aliphatic carbocycles. The summed E-state index contributed by atoms with van der Waals surface area (Å²) in [5.74, 6) is -2.59. The molecule has 0 radical (unpaired) electrons. The van der Waals surface area contributed by atoms with E-state index in [-0.39, 0.29) is 37.3 Å². The minimum atomic E-state index is -1.80. The molecule has 0 spiro atoms. The molecule has 59 heavy (non-hydrogen) atoms. The highest BCUT2D eigenvalue weighted by molar-refractivity contribution is 7.14. The van der Waals surface area contributed by atoms with Crippen LogP contribution in [-0.4, -0.2) is 175 Å². The van der Waals surface area contributed by atoms with Crippen molar-refractivity contribution in [1.29, 1.82) is 0 Å². The number of likely N-dealkylation sites (N-methyl/N-ethyl adjacent to an activating group) is 2. The van der Waals surface area contributed by atoms with Crippen LogP contribution in [0.1, 0.15) is 101 Å². The molecule has 342 valence electrons. The Morgan fingerprint density at radius 3 is 2.32 bits per heavy atom. The Balaban J connectivity index is 1.77.